The van der Waals surface area contributed by atoms with Crippen LogP contribution in [0.25, 0.3) is 10.9 Å². The van der Waals surface area contributed by atoms with Gasteiger partial charge in [0.2, 0.25) is 0 Å². The van der Waals surface area contributed by atoms with E-state index in [1.807, 2.05) is 30.5 Å². The first-order valence-electron chi connectivity index (χ1n) is 3.72. The van der Waals surface area contributed by atoms with Crippen LogP contribution in [-0.2, 0) is 0 Å². The standard InChI is InChI=1S/C9H10N2O/c1-12-8-4-2-3-7-5-6-11(10)9(7)8/h2-6H,10H2,1H3. The highest BCUT2D eigenvalue weighted by atomic mass is 16.5. The van der Waals surface area contributed by atoms with Crippen LogP contribution in [-0.4, -0.2) is 11.8 Å². The summed E-state index contributed by atoms with van der Waals surface area (Å²) >= 11 is 0. The van der Waals surface area contributed by atoms with E-state index in [0.29, 0.717) is 0 Å². The summed E-state index contributed by atoms with van der Waals surface area (Å²) in [7, 11) is 1.64. The fourth-order valence-corrected chi connectivity index (χ4v) is 1.35. The van der Waals surface area contributed by atoms with Crippen molar-refractivity contribution in [3.05, 3.63) is 30.5 Å². The van der Waals surface area contributed by atoms with Crippen LogP contribution < -0.4 is 10.6 Å². The predicted molar refractivity (Wildman–Crippen MR) is 48.6 cm³/mol. The number of aromatic nitrogens is 1. The van der Waals surface area contributed by atoms with Crippen LogP contribution >= 0.6 is 0 Å². The largest absolute Gasteiger partial charge is 0.494 e. The molecule has 0 fully saturated rings. The molecule has 12 heavy (non-hydrogen) atoms. The second kappa shape index (κ2) is 2.44. The van der Waals surface area contributed by atoms with Gasteiger partial charge >= 0.3 is 0 Å². The van der Waals surface area contributed by atoms with Crippen LogP contribution in [0.5, 0.6) is 5.75 Å². The molecule has 0 aliphatic rings. The highest BCUT2D eigenvalue weighted by molar-refractivity contribution is 5.85. The van der Waals surface area contributed by atoms with Crippen LogP contribution in [0.3, 0.4) is 0 Å². The lowest BCUT2D eigenvalue weighted by molar-refractivity contribution is 0.418. The van der Waals surface area contributed by atoms with Crippen molar-refractivity contribution in [1.82, 2.24) is 4.68 Å². The molecule has 0 spiro atoms. The van der Waals surface area contributed by atoms with Gasteiger partial charge in [-0.25, -0.2) is 0 Å². The lowest BCUT2D eigenvalue weighted by Gasteiger charge is -2.03. The first kappa shape index (κ1) is 7.03. The van der Waals surface area contributed by atoms with Gasteiger partial charge in [-0.2, -0.15) is 0 Å². The molecule has 2 N–H and O–H groups in total. The molecule has 3 heteroatoms. The average molecular weight is 162 g/mol. The highest BCUT2D eigenvalue weighted by Crippen LogP contribution is 2.24. The van der Waals surface area contributed by atoms with Crippen LogP contribution in [0.2, 0.25) is 0 Å². The topological polar surface area (TPSA) is 40.2 Å². The lowest BCUT2D eigenvalue weighted by Crippen LogP contribution is -2.05. The molecule has 0 aliphatic heterocycles. The van der Waals surface area contributed by atoms with Gasteiger partial charge in [0, 0.05) is 11.6 Å². The molecule has 0 amide bonds. The molecular weight excluding hydrogens is 152 g/mol. The molecule has 1 aromatic heterocycles. The van der Waals surface area contributed by atoms with Gasteiger partial charge in [-0.15, -0.1) is 0 Å². The van der Waals surface area contributed by atoms with Crippen molar-refractivity contribution < 1.29 is 4.74 Å². The molecule has 0 saturated carbocycles. The van der Waals surface area contributed by atoms with E-state index >= 15 is 0 Å². The molecular formula is C9H10N2O. The predicted octanol–water partition coefficient (Wildman–Crippen LogP) is 1.36. The fourth-order valence-electron chi connectivity index (χ4n) is 1.35. The Kier molecular flexibility index (Phi) is 1.43. The number of hydrogen-bond acceptors (Lipinski definition) is 2. The molecule has 2 rings (SSSR count). The van der Waals surface area contributed by atoms with Crippen LogP contribution in [0.1, 0.15) is 0 Å². The van der Waals surface area contributed by atoms with E-state index in [9.17, 15) is 0 Å². The maximum atomic E-state index is 5.69. The third-order valence-corrected chi connectivity index (χ3v) is 1.92. The smallest absolute Gasteiger partial charge is 0.145 e. The van der Waals surface area contributed by atoms with E-state index in [1.165, 1.54) is 0 Å². The summed E-state index contributed by atoms with van der Waals surface area (Å²) in [6.07, 6.45) is 1.81. The average Bonchev–Trinajstić information content (AvgIpc) is 2.48. The van der Waals surface area contributed by atoms with Crippen molar-refractivity contribution in [3.8, 4) is 5.75 Å². The number of nitrogen functional groups attached to an aromatic ring is 1. The number of methoxy groups -OCH3 is 1. The molecule has 2 aromatic rings. The molecule has 62 valence electrons. The summed E-state index contributed by atoms with van der Waals surface area (Å²) in [5.41, 5.74) is 0.931. The molecule has 0 radical (unpaired) electrons. The number of nitrogens with two attached hydrogens (primary N) is 1. The third kappa shape index (κ3) is 0.830. The lowest BCUT2D eigenvalue weighted by atomic mass is 10.2. The SMILES string of the molecule is COc1cccc2ccn(N)c12. The Morgan fingerprint density at radius 3 is 2.92 bits per heavy atom. The van der Waals surface area contributed by atoms with E-state index < -0.39 is 0 Å². The van der Waals surface area contributed by atoms with E-state index in [-0.39, 0.29) is 0 Å². The van der Waals surface area contributed by atoms with Crippen LogP contribution in [0.15, 0.2) is 30.5 Å². The Hall–Kier alpha value is -1.64. The minimum absolute atomic E-state index is 0.806. The van der Waals surface area contributed by atoms with Crippen molar-refractivity contribution >= 4 is 10.9 Å². The Morgan fingerprint density at radius 2 is 2.17 bits per heavy atom. The zero-order chi connectivity index (χ0) is 8.55. The number of benzene rings is 1. The number of fused-ring (bicyclic) bond motifs is 1. The van der Waals surface area contributed by atoms with Crippen LogP contribution in [0.4, 0.5) is 0 Å². The zero-order valence-corrected chi connectivity index (χ0v) is 6.82. The third-order valence-electron chi connectivity index (χ3n) is 1.92. The Balaban J connectivity index is 2.84. The number of hydrogen-bond donors (Lipinski definition) is 1. The van der Waals surface area contributed by atoms with Gasteiger partial charge in [0.1, 0.15) is 11.3 Å². The molecule has 0 atom stereocenters. The first-order chi connectivity index (χ1) is 5.83. The highest BCUT2D eigenvalue weighted by Gasteiger charge is 2.03. The second-order valence-electron chi connectivity index (χ2n) is 2.62. The summed E-state index contributed by atoms with van der Waals surface area (Å²) in [6, 6.07) is 7.80. The number of ether oxygens (including phenoxy) is 1. The van der Waals surface area contributed by atoms with E-state index in [1.54, 1.807) is 11.8 Å². The van der Waals surface area contributed by atoms with Gasteiger partial charge in [0.25, 0.3) is 0 Å². The first-order valence-corrected chi connectivity index (χ1v) is 3.72. The van der Waals surface area contributed by atoms with Crippen molar-refractivity contribution in [2.24, 2.45) is 0 Å². The Morgan fingerprint density at radius 1 is 1.33 bits per heavy atom. The number of nitrogens with zero attached hydrogens (tertiary/aromatic N) is 1. The summed E-state index contributed by atoms with van der Waals surface area (Å²) in [5, 5.41) is 1.09. The van der Waals surface area contributed by atoms with Gasteiger partial charge in [0.15, 0.2) is 0 Å². The molecule has 0 bridgehead atoms. The number of para-hydroxylation sites is 1. The molecule has 0 aliphatic carbocycles. The van der Waals surface area contributed by atoms with Crippen molar-refractivity contribution in [2.45, 2.75) is 0 Å². The maximum Gasteiger partial charge on any atom is 0.145 e. The van der Waals surface area contributed by atoms with Gasteiger partial charge < -0.3 is 10.6 Å². The van der Waals surface area contributed by atoms with E-state index in [4.69, 9.17) is 10.6 Å². The molecule has 0 saturated heterocycles. The van der Waals surface area contributed by atoms with Gasteiger partial charge in [-0.1, -0.05) is 12.1 Å². The summed E-state index contributed by atoms with van der Waals surface area (Å²) in [5.74, 6) is 6.49. The van der Waals surface area contributed by atoms with Crippen molar-refractivity contribution in [3.63, 3.8) is 0 Å². The summed E-state index contributed by atoms with van der Waals surface area (Å²) < 4.78 is 6.73. The second-order valence-corrected chi connectivity index (χ2v) is 2.62. The van der Waals surface area contributed by atoms with Crippen molar-refractivity contribution in [2.75, 3.05) is 13.0 Å². The summed E-state index contributed by atoms with van der Waals surface area (Å²) in [4.78, 5) is 0. The van der Waals surface area contributed by atoms with Crippen LogP contribution in [0, 0.1) is 0 Å². The summed E-state index contributed by atoms with van der Waals surface area (Å²) in [6.45, 7) is 0. The normalized spacial score (nSPS) is 10.4. The minimum atomic E-state index is 0.806. The molecule has 1 heterocycles. The molecule has 0 unspecified atom stereocenters. The minimum Gasteiger partial charge on any atom is -0.494 e. The fraction of sp³-hybridized carbons (Fsp3) is 0.111. The molecule has 1 aromatic carbocycles. The monoisotopic (exact) mass is 162 g/mol. The Bertz CT molecular complexity index is 406. The van der Waals surface area contributed by atoms with Gasteiger partial charge in [0.05, 0.1) is 7.11 Å². The van der Waals surface area contributed by atoms with E-state index in [2.05, 4.69) is 0 Å². The van der Waals surface area contributed by atoms with Gasteiger partial charge in [-0.05, 0) is 12.1 Å². The van der Waals surface area contributed by atoms with E-state index in [0.717, 1.165) is 16.7 Å². The number of rotatable bonds is 1. The maximum absolute atomic E-state index is 5.69. The van der Waals surface area contributed by atoms with Gasteiger partial charge in [-0.3, -0.25) is 4.68 Å². The quantitative estimate of drug-likeness (QED) is 0.643. The Labute approximate surface area is 70.3 Å². The molecule has 3 nitrogen and oxygen atoms in total. The van der Waals surface area contributed by atoms with Crippen molar-refractivity contribution in [1.29, 1.82) is 0 Å². The zero-order valence-electron chi connectivity index (χ0n) is 6.82.